The van der Waals surface area contributed by atoms with Crippen molar-refractivity contribution in [2.24, 2.45) is 0 Å². The van der Waals surface area contributed by atoms with Gasteiger partial charge in [-0.3, -0.25) is 0 Å². The van der Waals surface area contributed by atoms with Gasteiger partial charge in [-0.15, -0.1) is 0 Å². The van der Waals surface area contributed by atoms with Crippen molar-refractivity contribution in [3.63, 3.8) is 0 Å². The van der Waals surface area contributed by atoms with Crippen LogP contribution in [0.1, 0.15) is 63.7 Å². The first-order valence-electron chi connectivity index (χ1n) is 14.6. The topological polar surface area (TPSA) is 139 Å². The maximum absolute atomic E-state index is 14.2. The lowest BCUT2D eigenvalue weighted by molar-refractivity contribution is -0.290. The summed E-state index contributed by atoms with van der Waals surface area (Å²) in [7, 11) is 0. The Kier molecular flexibility index (Phi) is 9.28. The number of nitrogens with two attached hydrogens (primary N) is 2. The molecule has 0 saturated carbocycles. The molecule has 0 fully saturated rings. The molecule has 54 heavy (non-hydrogen) atoms. The van der Waals surface area contributed by atoms with Crippen molar-refractivity contribution < 1.29 is 81.3 Å². The Morgan fingerprint density at radius 2 is 0.593 bits per heavy atom. The minimum absolute atomic E-state index is 0.0595. The third-order valence-corrected chi connectivity index (χ3v) is 8.54. The van der Waals surface area contributed by atoms with Crippen LogP contribution in [0.15, 0.2) is 84.9 Å². The number of ether oxygens (including phenoxy) is 2. The van der Waals surface area contributed by atoms with Crippen LogP contribution >= 0.6 is 0 Å². The molecule has 8 nitrogen and oxygen atoms in total. The van der Waals surface area contributed by atoms with E-state index in [9.17, 15) is 71.9 Å². The summed E-state index contributed by atoms with van der Waals surface area (Å²) in [5.74, 6) is -5.23. The number of benzene rings is 4. The van der Waals surface area contributed by atoms with Gasteiger partial charge < -0.3 is 20.9 Å². The first-order valence-corrected chi connectivity index (χ1v) is 14.6. The fourth-order valence-electron chi connectivity index (χ4n) is 6.07. The quantitative estimate of drug-likeness (QED) is 0.0921. The van der Waals surface area contributed by atoms with E-state index in [0.717, 1.165) is 48.5 Å². The third kappa shape index (κ3) is 6.03. The lowest BCUT2D eigenvalue weighted by atomic mass is 9.71. The summed E-state index contributed by atoms with van der Waals surface area (Å²) in [6.45, 7) is 0. The van der Waals surface area contributed by atoms with E-state index in [0.29, 0.717) is 24.3 Å². The van der Waals surface area contributed by atoms with Crippen LogP contribution in [0, 0.1) is 0 Å². The number of anilines is 2. The average Bonchev–Trinajstić information content (AvgIpc) is 3.49. The summed E-state index contributed by atoms with van der Waals surface area (Å²) in [4.78, 5) is 46.5. The molecule has 4 aromatic carbocycles. The number of fused-ring (bicyclic) bond motifs is 2. The highest BCUT2D eigenvalue weighted by Gasteiger charge is 2.74. The van der Waals surface area contributed by atoms with Crippen molar-refractivity contribution in [3.8, 4) is 0 Å². The largest absolute Gasteiger partial charge is 0.411 e. The van der Waals surface area contributed by atoms with E-state index in [1.165, 1.54) is 0 Å². The van der Waals surface area contributed by atoms with Crippen molar-refractivity contribution >= 4 is 35.3 Å². The average molecular weight is 779 g/mol. The van der Waals surface area contributed by atoms with E-state index in [1.807, 2.05) is 0 Å². The highest BCUT2D eigenvalue weighted by Crippen LogP contribution is 2.58. The Balaban J connectivity index is 0.000000218. The van der Waals surface area contributed by atoms with E-state index in [-0.39, 0.29) is 23.5 Å². The molecule has 20 heteroatoms. The molecule has 284 valence electrons. The summed E-state index contributed by atoms with van der Waals surface area (Å²) in [6, 6.07) is 9.51. The number of nitrogen functional groups attached to an aromatic ring is 2. The minimum atomic E-state index is -6.02. The van der Waals surface area contributed by atoms with Crippen molar-refractivity contribution in [3.05, 3.63) is 129 Å². The van der Waals surface area contributed by atoms with Gasteiger partial charge in [0.15, 0.2) is 0 Å². The number of hydrogen-bond acceptors (Lipinski definition) is 8. The van der Waals surface area contributed by atoms with Crippen LogP contribution in [0.2, 0.25) is 0 Å². The number of halogens is 12. The standard InChI is InChI=1S/C19H6F6O6.C15H12F6N2/c20-18(21,22)17(19(23,24)25,7-1-3-9-11(5-7)15(28)30-13(9)26)8-2-4-10-12(6-8)16(29)31-14(10)27;16-14(17,18)13(15(19,20)21,9-1-5-11(22)6-2-9)10-3-7-12(23)8-4-10/h1-6H;1-8H,22-23H2. The predicted octanol–water partition coefficient (Wildman–Crippen LogP) is 7.98. The van der Waals surface area contributed by atoms with Gasteiger partial charge in [0.1, 0.15) is 0 Å². The number of carbonyl (C=O) groups is 4. The van der Waals surface area contributed by atoms with Gasteiger partial charge in [-0.05, 0) is 70.8 Å². The zero-order valence-corrected chi connectivity index (χ0v) is 26.2. The van der Waals surface area contributed by atoms with Gasteiger partial charge in [0.05, 0.1) is 22.3 Å². The van der Waals surface area contributed by atoms with E-state index < -0.39 is 104 Å². The summed E-state index contributed by atoms with van der Waals surface area (Å²) in [6.07, 6.45) is -23.3. The molecular weight excluding hydrogens is 760 g/mol. The van der Waals surface area contributed by atoms with Crippen molar-refractivity contribution in [1.29, 1.82) is 0 Å². The van der Waals surface area contributed by atoms with Crippen LogP contribution in [0.25, 0.3) is 0 Å². The van der Waals surface area contributed by atoms with E-state index in [1.54, 1.807) is 0 Å². The molecule has 4 N–H and O–H groups in total. The van der Waals surface area contributed by atoms with E-state index in [2.05, 4.69) is 9.47 Å². The lowest BCUT2D eigenvalue weighted by Crippen LogP contribution is -2.55. The van der Waals surface area contributed by atoms with Crippen molar-refractivity contribution in [2.45, 2.75) is 35.5 Å². The fourth-order valence-corrected chi connectivity index (χ4v) is 6.07. The highest BCUT2D eigenvalue weighted by atomic mass is 19.4. The highest BCUT2D eigenvalue weighted by molar-refractivity contribution is 6.15. The van der Waals surface area contributed by atoms with Crippen LogP contribution in [0.4, 0.5) is 64.1 Å². The first kappa shape index (κ1) is 39.1. The number of hydrogen-bond donors (Lipinski definition) is 2. The molecule has 0 amide bonds. The zero-order chi connectivity index (χ0) is 40.4. The SMILES string of the molecule is Nc1ccc(C(c2ccc(N)cc2)(C(F)(F)F)C(F)(F)F)cc1.O=C1OC(=O)c2cc(C(c3ccc4c(c3)C(=O)OC4=O)(C(F)(F)F)C(F)(F)F)ccc21. The number of esters is 4. The van der Waals surface area contributed by atoms with Gasteiger partial charge in [0, 0.05) is 11.4 Å². The van der Waals surface area contributed by atoms with Gasteiger partial charge in [-0.2, -0.15) is 52.7 Å². The van der Waals surface area contributed by atoms with E-state index >= 15 is 0 Å². The molecule has 6 rings (SSSR count). The smallest absolute Gasteiger partial charge is 0.399 e. The second kappa shape index (κ2) is 12.8. The van der Waals surface area contributed by atoms with Crippen LogP contribution in [-0.4, -0.2) is 48.6 Å². The Morgan fingerprint density at radius 1 is 0.352 bits per heavy atom. The molecule has 0 aromatic heterocycles. The number of carbonyl (C=O) groups excluding carboxylic acids is 4. The van der Waals surface area contributed by atoms with Gasteiger partial charge in [0.2, 0.25) is 10.8 Å². The zero-order valence-electron chi connectivity index (χ0n) is 26.2. The normalized spacial score (nSPS) is 14.9. The molecule has 0 unspecified atom stereocenters. The first-order chi connectivity index (χ1) is 24.8. The molecule has 0 atom stereocenters. The second-order valence-corrected chi connectivity index (χ2v) is 11.6. The van der Waals surface area contributed by atoms with E-state index in [4.69, 9.17) is 11.5 Å². The molecule has 2 heterocycles. The molecule has 0 aliphatic carbocycles. The number of rotatable bonds is 4. The van der Waals surface area contributed by atoms with Crippen LogP contribution in [-0.2, 0) is 20.3 Å². The second-order valence-electron chi connectivity index (χ2n) is 11.6. The Morgan fingerprint density at radius 3 is 0.870 bits per heavy atom. The summed E-state index contributed by atoms with van der Waals surface area (Å²) < 4.78 is 176. The molecule has 4 aromatic rings. The van der Waals surface area contributed by atoms with Crippen molar-refractivity contribution in [2.75, 3.05) is 11.5 Å². The summed E-state index contributed by atoms with van der Waals surface area (Å²) in [5.41, 5.74) is -5.33. The van der Waals surface area contributed by atoms with Gasteiger partial charge in [-0.25, -0.2) is 19.2 Å². The monoisotopic (exact) mass is 778 g/mol. The Labute approximate surface area is 293 Å². The lowest BCUT2D eigenvalue weighted by Gasteiger charge is -2.38. The maximum atomic E-state index is 14.2. The number of alkyl halides is 12. The molecule has 0 radical (unpaired) electrons. The molecule has 2 aliphatic heterocycles. The maximum Gasteiger partial charge on any atom is 0.411 e. The van der Waals surface area contributed by atoms with Gasteiger partial charge in [0.25, 0.3) is 0 Å². The van der Waals surface area contributed by atoms with Crippen LogP contribution in [0.3, 0.4) is 0 Å². The molecule has 0 saturated heterocycles. The third-order valence-electron chi connectivity index (χ3n) is 8.54. The molecule has 0 bridgehead atoms. The minimum Gasteiger partial charge on any atom is -0.399 e. The van der Waals surface area contributed by atoms with Gasteiger partial charge >= 0.3 is 48.6 Å². The predicted molar refractivity (Wildman–Crippen MR) is 160 cm³/mol. The Hall–Kier alpha value is -6.08. The fraction of sp³-hybridized carbons (Fsp3) is 0.176. The summed E-state index contributed by atoms with van der Waals surface area (Å²) >= 11 is 0. The Bertz CT molecular complexity index is 2020. The van der Waals surface area contributed by atoms with Crippen LogP contribution in [0.5, 0.6) is 0 Å². The van der Waals surface area contributed by atoms with Gasteiger partial charge in [-0.1, -0.05) is 36.4 Å². The molecule has 2 aliphatic rings. The summed E-state index contributed by atoms with van der Waals surface area (Å²) in [5, 5.41) is 0. The van der Waals surface area contributed by atoms with Crippen LogP contribution < -0.4 is 11.5 Å². The molecule has 0 spiro atoms. The molecular formula is C34H18F12N2O6. The number of cyclic esters (lactones) is 4. The van der Waals surface area contributed by atoms with Crippen molar-refractivity contribution in [1.82, 2.24) is 0 Å².